The molecule has 0 bridgehead atoms. The van der Waals surface area contributed by atoms with E-state index >= 15 is 0 Å². The number of anilines is 1. The highest BCUT2D eigenvalue weighted by Gasteiger charge is 1.89. The highest BCUT2D eigenvalue weighted by atomic mass is 79.9. The van der Waals surface area contributed by atoms with Crippen molar-refractivity contribution in [3.63, 3.8) is 0 Å². The minimum atomic E-state index is 0.678. The quantitative estimate of drug-likeness (QED) is 0.483. The molecule has 4 heteroatoms. The predicted molar refractivity (Wildman–Crippen MR) is 59.5 cm³/mol. The van der Waals surface area contributed by atoms with E-state index in [4.69, 9.17) is 5.84 Å². The molecule has 0 radical (unpaired) electrons. The number of aromatic nitrogens is 1. The van der Waals surface area contributed by atoms with Gasteiger partial charge in [0.15, 0.2) is 0 Å². The Balaban J connectivity index is 2.58. The summed E-state index contributed by atoms with van der Waals surface area (Å²) in [6.07, 6.45) is 6.94. The molecule has 0 atom stereocenters. The number of hydrogen-bond acceptors (Lipinski definition) is 3. The predicted octanol–water partition coefficient (Wildman–Crippen LogP) is 2.17. The van der Waals surface area contributed by atoms with Crippen molar-refractivity contribution in [1.29, 1.82) is 0 Å². The third-order valence-corrected chi connectivity index (χ3v) is 1.98. The second kappa shape index (κ2) is 5.72. The topological polar surface area (TPSA) is 50.9 Å². The lowest BCUT2D eigenvalue weighted by Crippen LogP contribution is -2.07. The third-order valence-electron chi connectivity index (χ3n) is 1.52. The van der Waals surface area contributed by atoms with Gasteiger partial charge in [0.05, 0.1) is 0 Å². The van der Waals surface area contributed by atoms with Crippen LogP contribution in [0.5, 0.6) is 0 Å². The van der Waals surface area contributed by atoms with Gasteiger partial charge in [0.2, 0.25) is 0 Å². The fourth-order valence-corrected chi connectivity index (χ4v) is 1.14. The van der Waals surface area contributed by atoms with Crippen LogP contribution in [0.3, 0.4) is 0 Å². The lowest BCUT2D eigenvalue weighted by molar-refractivity contribution is 1.22. The van der Waals surface area contributed by atoms with Gasteiger partial charge in [-0.25, -0.2) is 10.8 Å². The van der Waals surface area contributed by atoms with Crippen LogP contribution in [0.25, 0.3) is 6.08 Å². The average molecular weight is 242 g/mol. The van der Waals surface area contributed by atoms with E-state index in [1.807, 2.05) is 18.2 Å². The maximum absolute atomic E-state index is 5.18. The number of nitrogens with one attached hydrogen (secondary N) is 1. The highest BCUT2D eigenvalue weighted by Crippen LogP contribution is 2.05. The second-order valence-electron chi connectivity index (χ2n) is 2.50. The van der Waals surface area contributed by atoms with Crippen molar-refractivity contribution in [2.45, 2.75) is 6.42 Å². The Labute approximate surface area is 86.1 Å². The van der Waals surface area contributed by atoms with Crippen molar-refractivity contribution in [1.82, 2.24) is 4.98 Å². The Morgan fingerprint density at radius 2 is 2.38 bits per heavy atom. The van der Waals surface area contributed by atoms with Gasteiger partial charge in [-0.1, -0.05) is 28.1 Å². The third kappa shape index (κ3) is 3.57. The normalized spacial score (nSPS) is 10.6. The summed E-state index contributed by atoms with van der Waals surface area (Å²) in [5.74, 6) is 5.86. The maximum atomic E-state index is 5.18. The molecule has 0 aliphatic carbocycles. The molecule has 1 aromatic rings. The summed E-state index contributed by atoms with van der Waals surface area (Å²) in [6.45, 7) is 0. The van der Waals surface area contributed by atoms with Gasteiger partial charge in [-0.05, 0) is 24.1 Å². The van der Waals surface area contributed by atoms with E-state index < -0.39 is 0 Å². The summed E-state index contributed by atoms with van der Waals surface area (Å²) in [7, 11) is 0. The summed E-state index contributed by atoms with van der Waals surface area (Å²) < 4.78 is 0. The molecule has 0 saturated heterocycles. The minimum Gasteiger partial charge on any atom is -0.308 e. The summed E-state index contributed by atoms with van der Waals surface area (Å²) in [6, 6.07) is 3.81. The number of hydrazine groups is 1. The van der Waals surface area contributed by atoms with E-state index in [-0.39, 0.29) is 0 Å². The van der Waals surface area contributed by atoms with E-state index in [1.165, 1.54) is 0 Å². The van der Waals surface area contributed by atoms with Crippen molar-refractivity contribution in [2.75, 3.05) is 10.8 Å². The van der Waals surface area contributed by atoms with Crippen LogP contribution in [0.15, 0.2) is 24.4 Å². The van der Waals surface area contributed by atoms with E-state index in [0.717, 1.165) is 17.3 Å². The number of alkyl halides is 1. The molecule has 0 aliphatic rings. The van der Waals surface area contributed by atoms with Crippen LogP contribution >= 0.6 is 15.9 Å². The van der Waals surface area contributed by atoms with E-state index in [9.17, 15) is 0 Å². The van der Waals surface area contributed by atoms with Gasteiger partial charge in [0, 0.05) is 11.5 Å². The van der Waals surface area contributed by atoms with E-state index in [0.29, 0.717) is 5.82 Å². The number of nitrogens with zero attached hydrogens (tertiary/aromatic N) is 1. The van der Waals surface area contributed by atoms with Gasteiger partial charge < -0.3 is 5.43 Å². The van der Waals surface area contributed by atoms with E-state index in [2.05, 4.69) is 32.4 Å². The number of nitrogens with two attached hydrogens (primary N) is 1. The first-order chi connectivity index (χ1) is 6.36. The number of allylic oxidation sites excluding steroid dienone is 1. The molecule has 1 heterocycles. The molecule has 1 rings (SSSR count). The fourth-order valence-electron chi connectivity index (χ4n) is 0.872. The van der Waals surface area contributed by atoms with Gasteiger partial charge in [-0.3, -0.25) is 0 Å². The number of hydrogen-bond donors (Lipinski definition) is 2. The molecular formula is C9H12BrN3. The molecule has 3 nitrogen and oxygen atoms in total. The number of nitrogen functional groups attached to an aromatic ring is 1. The summed E-state index contributed by atoms with van der Waals surface area (Å²) in [5, 5.41) is 0.985. The summed E-state index contributed by atoms with van der Waals surface area (Å²) in [4.78, 5) is 4.08. The maximum Gasteiger partial charge on any atom is 0.139 e. The summed E-state index contributed by atoms with van der Waals surface area (Å²) >= 11 is 3.35. The van der Waals surface area contributed by atoms with Crippen LogP contribution < -0.4 is 11.3 Å². The van der Waals surface area contributed by atoms with Crippen LogP contribution in [0, 0.1) is 0 Å². The summed E-state index contributed by atoms with van der Waals surface area (Å²) in [5.41, 5.74) is 3.56. The Kier molecular flexibility index (Phi) is 4.49. The van der Waals surface area contributed by atoms with Gasteiger partial charge in [0.25, 0.3) is 0 Å². The Bertz CT molecular complexity index is 269. The number of rotatable bonds is 4. The zero-order chi connectivity index (χ0) is 9.52. The first-order valence-corrected chi connectivity index (χ1v) is 5.14. The molecule has 0 unspecified atom stereocenters. The first-order valence-electron chi connectivity index (χ1n) is 4.02. The fraction of sp³-hybridized carbons (Fsp3) is 0.222. The smallest absolute Gasteiger partial charge is 0.139 e. The Morgan fingerprint density at radius 1 is 1.54 bits per heavy atom. The number of halogens is 1. The van der Waals surface area contributed by atoms with E-state index in [1.54, 1.807) is 6.20 Å². The molecule has 1 aromatic heterocycles. The van der Waals surface area contributed by atoms with Crippen molar-refractivity contribution >= 4 is 27.8 Å². The molecule has 0 saturated carbocycles. The largest absolute Gasteiger partial charge is 0.308 e. The van der Waals surface area contributed by atoms with Crippen LogP contribution in [0.4, 0.5) is 5.82 Å². The standard InChI is InChI=1S/C9H12BrN3/c10-6-2-1-3-8-4-5-9(13-11)12-7-8/h1,3-5,7H,2,6,11H2,(H,12,13). The highest BCUT2D eigenvalue weighted by molar-refractivity contribution is 9.09. The van der Waals surface area contributed by atoms with Crippen molar-refractivity contribution < 1.29 is 0 Å². The molecule has 0 spiro atoms. The molecule has 0 aliphatic heterocycles. The van der Waals surface area contributed by atoms with Gasteiger partial charge >= 0.3 is 0 Å². The Hall–Kier alpha value is -0.870. The van der Waals surface area contributed by atoms with Crippen LogP contribution in [0.1, 0.15) is 12.0 Å². The zero-order valence-electron chi connectivity index (χ0n) is 7.20. The van der Waals surface area contributed by atoms with Gasteiger partial charge in [-0.15, -0.1) is 0 Å². The van der Waals surface area contributed by atoms with Crippen LogP contribution in [-0.4, -0.2) is 10.3 Å². The zero-order valence-corrected chi connectivity index (χ0v) is 8.79. The molecule has 0 aromatic carbocycles. The SMILES string of the molecule is NNc1ccc(C=CCCBr)cn1. The first kappa shape index (κ1) is 10.2. The van der Waals surface area contributed by atoms with Gasteiger partial charge in [0.1, 0.15) is 5.82 Å². The monoisotopic (exact) mass is 241 g/mol. The minimum absolute atomic E-state index is 0.678. The van der Waals surface area contributed by atoms with Gasteiger partial charge in [-0.2, -0.15) is 0 Å². The van der Waals surface area contributed by atoms with Crippen molar-refractivity contribution in [3.8, 4) is 0 Å². The molecule has 0 amide bonds. The molecule has 13 heavy (non-hydrogen) atoms. The van der Waals surface area contributed by atoms with Crippen molar-refractivity contribution in [3.05, 3.63) is 30.0 Å². The molecular weight excluding hydrogens is 230 g/mol. The molecule has 70 valence electrons. The molecule has 3 N–H and O–H groups in total. The van der Waals surface area contributed by atoms with Crippen molar-refractivity contribution in [2.24, 2.45) is 5.84 Å². The van der Waals surface area contributed by atoms with Crippen LogP contribution in [-0.2, 0) is 0 Å². The van der Waals surface area contributed by atoms with Crippen LogP contribution in [0.2, 0.25) is 0 Å². The lowest BCUT2D eigenvalue weighted by Gasteiger charge is -1.97. The second-order valence-corrected chi connectivity index (χ2v) is 3.29. The Morgan fingerprint density at radius 3 is 2.92 bits per heavy atom. The number of pyridine rings is 1. The average Bonchev–Trinajstić information content (AvgIpc) is 2.19. The molecule has 0 fully saturated rings. The lowest BCUT2D eigenvalue weighted by atomic mass is 10.2.